The average molecular weight is 410 g/mol. The first-order valence-corrected chi connectivity index (χ1v) is 10.6. The smallest absolute Gasteiger partial charge is 0.194 e. The molecule has 0 radical (unpaired) electrons. The largest absolute Gasteiger partial charge is 0.289 e. The van der Waals surface area contributed by atoms with Crippen LogP contribution >= 0.6 is 0 Å². The highest BCUT2D eigenvalue weighted by atomic mass is 16.1. The van der Waals surface area contributed by atoms with Gasteiger partial charge in [0.25, 0.3) is 0 Å². The lowest BCUT2D eigenvalue weighted by atomic mass is 9.77. The summed E-state index contributed by atoms with van der Waals surface area (Å²) in [5.41, 5.74) is 6.08. The number of hydrogen-bond donors (Lipinski definition) is 0. The van der Waals surface area contributed by atoms with Crippen LogP contribution in [0.1, 0.15) is 31.8 Å². The van der Waals surface area contributed by atoms with Gasteiger partial charge in [-0.15, -0.1) is 0 Å². The average Bonchev–Trinajstić information content (AvgIpc) is 2.87. The van der Waals surface area contributed by atoms with E-state index in [4.69, 9.17) is 0 Å². The van der Waals surface area contributed by atoms with Crippen LogP contribution < -0.4 is 0 Å². The highest BCUT2D eigenvalue weighted by molar-refractivity contribution is 6.31. The summed E-state index contributed by atoms with van der Waals surface area (Å²) >= 11 is 0. The molecule has 1 aliphatic carbocycles. The van der Waals surface area contributed by atoms with E-state index in [1.54, 1.807) is 0 Å². The van der Waals surface area contributed by atoms with Gasteiger partial charge in [0.1, 0.15) is 0 Å². The Balaban J connectivity index is 1.82. The Morgan fingerprint density at radius 2 is 1.19 bits per heavy atom. The van der Waals surface area contributed by atoms with E-state index in [9.17, 15) is 9.59 Å². The maximum Gasteiger partial charge on any atom is 0.194 e. The molecule has 0 saturated heterocycles. The second-order valence-corrected chi connectivity index (χ2v) is 8.01. The maximum absolute atomic E-state index is 14.0. The predicted octanol–water partition coefficient (Wildman–Crippen LogP) is 6.95. The lowest BCUT2D eigenvalue weighted by Gasteiger charge is -2.24. The first kappa shape index (κ1) is 18.5. The molecule has 0 N–H and O–H groups in total. The fourth-order valence-electron chi connectivity index (χ4n) is 4.77. The van der Waals surface area contributed by atoms with Crippen LogP contribution in [-0.2, 0) is 0 Å². The summed E-state index contributed by atoms with van der Waals surface area (Å²) in [6.07, 6.45) is 0. The number of carbonyl (C=O) groups is 2. The third kappa shape index (κ3) is 2.67. The molecule has 0 atom stereocenters. The van der Waals surface area contributed by atoms with Crippen LogP contribution in [0.5, 0.6) is 0 Å². The highest BCUT2D eigenvalue weighted by Crippen LogP contribution is 2.45. The molecule has 0 aromatic heterocycles. The molecule has 32 heavy (non-hydrogen) atoms. The van der Waals surface area contributed by atoms with Crippen LogP contribution in [0.4, 0.5) is 0 Å². The van der Waals surface area contributed by atoms with Crippen molar-refractivity contribution in [2.75, 3.05) is 0 Å². The molecular formula is C30H18O2. The van der Waals surface area contributed by atoms with Crippen molar-refractivity contribution in [3.05, 3.63) is 131 Å². The number of carbonyl (C=O) groups excluding carboxylic acids is 2. The van der Waals surface area contributed by atoms with Gasteiger partial charge in [-0.3, -0.25) is 9.59 Å². The number of hydrogen-bond acceptors (Lipinski definition) is 2. The Morgan fingerprint density at radius 3 is 1.94 bits per heavy atom. The van der Waals surface area contributed by atoms with E-state index in [2.05, 4.69) is 6.07 Å². The number of rotatable bonds is 3. The van der Waals surface area contributed by atoms with E-state index in [1.165, 1.54) is 0 Å². The Morgan fingerprint density at radius 1 is 0.562 bits per heavy atom. The summed E-state index contributed by atoms with van der Waals surface area (Å²) < 4.78 is 0. The van der Waals surface area contributed by atoms with E-state index < -0.39 is 0 Å². The quantitative estimate of drug-likeness (QED) is 0.296. The van der Waals surface area contributed by atoms with Crippen LogP contribution in [0.15, 0.2) is 109 Å². The SMILES string of the molecule is O=C(c1ccccc1)c1c(-c2ccccc2)cc2cccc3c2c1-c1ccccc1C3=O. The molecule has 0 amide bonds. The van der Waals surface area contributed by atoms with Gasteiger partial charge in [-0.1, -0.05) is 103 Å². The van der Waals surface area contributed by atoms with Crippen molar-refractivity contribution in [2.24, 2.45) is 0 Å². The Hall–Kier alpha value is -4.30. The molecule has 0 saturated carbocycles. The van der Waals surface area contributed by atoms with Crippen LogP contribution in [0.2, 0.25) is 0 Å². The van der Waals surface area contributed by atoms with Crippen molar-refractivity contribution in [1.82, 2.24) is 0 Å². The van der Waals surface area contributed by atoms with Crippen molar-refractivity contribution < 1.29 is 9.59 Å². The summed E-state index contributed by atoms with van der Waals surface area (Å²) in [6, 6.07) is 34.8. The molecule has 0 aliphatic heterocycles. The summed E-state index contributed by atoms with van der Waals surface area (Å²) in [5.74, 6) is -0.0374. The molecule has 5 aromatic carbocycles. The lowest BCUT2D eigenvalue weighted by Crippen LogP contribution is -2.14. The van der Waals surface area contributed by atoms with E-state index in [0.717, 1.165) is 33.0 Å². The predicted molar refractivity (Wildman–Crippen MR) is 128 cm³/mol. The minimum atomic E-state index is -0.0414. The van der Waals surface area contributed by atoms with E-state index in [1.807, 2.05) is 103 Å². The Kier molecular flexibility index (Phi) is 4.12. The third-order valence-electron chi connectivity index (χ3n) is 6.20. The minimum absolute atomic E-state index is 0.00395. The van der Waals surface area contributed by atoms with Crippen molar-refractivity contribution in [3.63, 3.8) is 0 Å². The summed E-state index contributed by atoms with van der Waals surface area (Å²) in [7, 11) is 0. The number of fused-ring (bicyclic) bond motifs is 2. The minimum Gasteiger partial charge on any atom is -0.289 e. The van der Waals surface area contributed by atoms with Crippen molar-refractivity contribution in [1.29, 1.82) is 0 Å². The molecule has 1 aliphatic rings. The van der Waals surface area contributed by atoms with Crippen LogP contribution in [0, 0.1) is 0 Å². The topological polar surface area (TPSA) is 34.1 Å². The molecule has 0 unspecified atom stereocenters. The van der Waals surface area contributed by atoms with E-state index in [0.29, 0.717) is 22.3 Å². The zero-order chi connectivity index (χ0) is 21.7. The van der Waals surface area contributed by atoms with Gasteiger partial charge in [0, 0.05) is 33.2 Å². The van der Waals surface area contributed by atoms with Gasteiger partial charge < -0.3 is 0 Å². The van der Waals surface area contributed by atoms with E-state index >= 15 is 0 Å². The number of ketones is 2. The van der Waals surface area contributed by atoms with Gasteiger partial charge in [0.15, 0.2) is 11.6 Å². The zero-order valence-electron chi connectivity index (χ0n) is 17.2. The van der Waals surface area contributed by atoms with Crippen LogP contribution in [0.3, 0.4) is 0 Å². The molecule has 2 nitrogen and oxygen atoms in total. The molecule has 0 spiro atoms. The normalized spacial score (nSPS) is 11.9. The lowest BCUT2D eigenvalue weighted by molar-refractivity contribution is 0.102. The summed E-state index contributed by atoms with van der Waals surface area (Å²) in [4.78, 5) is 27.3. The van der Waals surface area contributed by atoms with Crippen molar-refractivity contribution in [2.45, 2.75) is 0 Å². The molecule has 0 heterocycles. The highest BCUT2D eigenvalue weighted by Gasteiger charge is 2.31. The Labute approximate surface area is 185 Å². The van der Waals surface area contributed by atoms with Gasteiger partial charge >= 0.3 is 0 Å². The molecule has 2 heteroatoms. The van der Waals surface area contributed by atoms with Crippen LogP contribution in [0.25, 0.3) is 33.0 Å². The first-order chi connectivity index (χ1) is 15.7. The van der Waals surface area contributed by atoms with Crippen molar-refractivity contribution >= 4 is 22.3 Å². The number of benzene rings is 5. The van der Waals surface area contributed by atoms with Gasteiger partial charge in [0.2, 0.25) is 0 Å². The van der Waals surface area contributed by atoms with E-state index in [-0.39, 0.29) is 11.6 Å². The molecule has 0 bridgehead atoms. The molecule has 150 valence electrons. The van der Waals surface area contributed by atoms with Gasteiger partial charge in [-0.25, -0.2) is 0 Å². The molecule has 5 aromatic rings. The second kappa shape index (κ2) is 7.14. The monoisotopic (exact) mass is 410 g/mol. The van der Waals surface area contributed by atoms with Gasteiger partial charge in [-0.05, 0) is 28.1 Å². The molecular weight excluding hydrogens is 392 g/mol. The van der Waals surface area contributed by atoms with Gasteiger partial charge in [0.05, 0.1) is 0 Å². The fraction of sp³-hybridized carbons (Fsp3) is 0. The van der Waals surface area contributed by atoms with Crippen molar-refractivity contribution in [3.8, 4) is 22.3 Å². The zero-order valence-corrected chi connectivity index (χ0v) is 17.2. The molecule has 0 fully saturated rings. The Bertz CT molecular complexity index is 1530. The van der Waals surface area contributed by atoms with Crippen LogP contribution in [-0.4, -0.2) is 11.6 Å². The third-order valence-corrected chi connectivity index (χ3v) is 6.20. The first-order valence-electron chi connectivity index (χ1n) is 10.6. The van der Waals surface area contributed by atoms with Gasteiger partial charge in [-0.2, -0.15) is 0 Å². The second-order valence-electron chi connectivity index (χ2n) is 8.01. The summed E-state index contributed by atoms with van der Waals surface area (Å²) in [6.45, 7) is 0. The summed E-state index contributed by atoms with van der Waals surface area (Å²) in [5, 5.41) is 1.82. The fourth-order valence-corrected chi connectivity index (χ4v) is 4.77. The standard InChI is InChI=1S/C30H18O2/c31-29(20-12-5-2-6-13-20)28-25(19-10-3-1-4-11-19)18-21-14-9-17-24-26(21)27(28)22-15-7-8-16-23(22)30(24)32/h1-18H. The maximum atomic E-state index is 14.0. The molecule has 6 rings (SSSR count).